The van der Waals surface area contributed by atoms with E-state index in [-0.39, 0.29) is 29.9 Å². The van der Waals surface area contributed by atoms with Crippen LogP contribution in [0, 0.1) is 0 Å². The number of benzene rings is 1. The van der Waals surface area contributed by atoms with Crippen LogP contribution in [0.3, 0.4) is 0 Å². The van der Waals surface area contributed by atoms with E-state index in [1.807, 2.05) is 31.2 Å². The third-order valence-corrected chi connectivity index (χ3v) is 3.39. The lowest BCUT2D eigenvalue weighted by molar-refractivity contribution is -0.140. The summed E-state index contributed by atoms with van der Waals surface area (Å²) >= 11 is 0. The van der Waals surface area contributed by atoms with Crippen LogP contribution in [-0.2, 0) is 20.8 Å². The van der Waals surface area contributed by atoms with Crippen molar-refractivity contribution in [3.8, 4) is 5.75 Å². The van der Waals surface area contributed by atoms with Gasteiger partial charge in [0.2, 0.25) is 0 Å². The molecule has 0 unspecified atom stereocenters. The van der Waals surface area contributed by atoms with Crippen molar-refractivity contribution in [1.82, 2.24) is 10.6 Å². The maximum absolute atomic E-state index is 11.2. The van der Waals surface area contributed by atoms with Crippen molar-refractivity contribution in [2.45, 2.75) is 26.3 Å². The Hall–Kier alpha value is -1.55. The van der Waals surface area contributed by atoms with Crippen LogP contribution in [0.25, 0.3) is 0 Å². The van der Waals surface area contributed by atoms with E-state index in [4.69, 9.17) is 9.47 Å². The Labute approximate surface area is 172 Å². The number of hydrogen-bond donors (Lipinski definition) is 2. The van der Waals surface area contributed by atoms with E-state index in [9.17, 15) is 4.79 Å². The van der Waals surface area contributed by atoms with Crippen LogP contribution >= 0.6 is 24.0 Å². The van der Waals surface area contributed by atoms with Crippen LogP contribution in [0.5, 0.6) is 5.75 Å². The molecule has 7 nitrogen and oxygen atoms in total. The van der Waals surface area contributed by atoms with E-state index in [1.165, 1.54) is 7.11 Å². The quantitative estimate of drug-likeness (QED) is 0.167. The van der Waals surface area contributed by atoms with Gasteiger partial charge in [0.25, 0.3) is 0 Å². The molecule has 0 bridgehead atoms. The molecule has 0 atom stereocenters. The zero-order chi connectivity index (χ0) is 18.3. The summed E-state index contributed by atoms with van der Waals surface area (Å²) in [7, 11) is 3.02. The summed E-state index contributed by atoms with van der Waals surface area (Å²) < 4.78 is 15.1. The van der Waals surface area contributed by atoms with Crippen molar-refractivity contribution in [2.24, 2.45) is 4.99 Å². The molecule has 0 aliphatic carbocycles. The highest BCUT2D eigenvalue weighted by Gasteiger charge is 2.03. The molecule has 26 heavy (non-hydrogen) atoms. The number of aliphatic imine (C=N–C) groups is 1. The molecule has 8 heteroatoms. The summed E-state index contributed by atoms with van der Waals surface area (Å²) in [6.45, 7) is 5.14. The maximum atomic E-state index is 11.2. The average molecular weight is 479 g/mol. The highest BCUT2D eigenvalue weighted by Crippen LogP contribution is 2.11. The minimum absolute atomic E-state index is 0. The smallest absolute Gasteiger partial charge is 0.307 e. The predicted octanol–water partition coefficient (Wildman–Crippen LogP) is 2.34. The van der Waals surface area contributed by atoms with Crippen molar-refractivity contribution in [1.29, 1.82) is 0 Å². The largest absolute Gasteiger partial charge is 0.497 e. The fourth-order valence-electron chi connectivity index (χ4n) is 1.99. The minimum Gasteiger partial charge on any atom is -0.497 e. The summed E-state index contributed by atoms with van der Waals surface area (Å²) in [4.78, 5) is 15.8. The number of nitrogens with one attached hydrogen (secondary N) is 2. The van der Waals surface area contributed by atoms with Crippen molar-refractivity contribution in [3.05, 3.63) is 29.8 Å². The molecule has 0 heterocycles. The van der Waals surface area contributed by atoms with Gasteiger partial charge >= 0.3 is 5.97 Å². The van der Waals surface area contributed by atoms with Gasteiger partial charge in [-0.05, 0) is 31.0 Å². The van der Waals surface area contributed by atoms with Crippen LogP contribution < -0.4 is 15.4 Å². The second kappa shape index (κ2) is 15.7. The number of guanidine groups is 1. The number of hydrogen-bond acceptors (Lipinski definition) is 5. The molecule has 1 aromatic rings. The number of nitrogens with zero attached hydrogens (tertiary/aromatic N) is 1. The SMILES string of the molecule is CCOCCCNC(=NCc1ccc(OC)cc1)NCCC(=O)OC.I. The number of ether oxygens (including phenoxy) is 3. The molecule has 0 fully saturated rings. The number of rotatable bonds is 11. The monoisotopic (exact) mass is 479 g/mol. The fraction of sp³-hybridized carbons (Fsp3) is 0.556. The Morgan fingerprint density at radius 3 is 2.42 bits per heavy atom. The molecule has 0 spiro atoms. The lowest BCUT2D eigenvalue weighted by Gasteiger charge is -2.12. The molecule has 1 aromatic carbocycles. The first-order chi connectivity index (χ1) is 12.2. The summed E-state index contributed by atoms with van der Waals surface area (Å²) in [6, 6.07) is 7.77. The second-order valence-electron chi connectivity index (χ2n) is 5.24. The van der Waals surface area contributed by atoms with Gasteiger partial charge in [0.1, 0.15) is 5.75 Å². The van der Waals surface area contributed by atoms with Crippen molar-refractivity contribution in [2.75, 3.05) is 40.5 Å². The Kier molecular flexibility index (Phi) is 14.8. The number of methoxy groups -OCH3 is 2. The molecule has 148 valence electrons. The first-order valence-corrected chi connectivity index (χ1v) is 8.49. The standard InChI is InChI=1S/C18H29N3O4.HI/c1-4-25-13-5-11-19-18(20-12-10-17(22)24-3)21-14-15-6-8-16(23-2)9-7-15;/h6-9H,4-5,10-14H2,1-3H3,(H2,19,20,21);1H. The van der Waals surface area contributed by atoms with Crippen LogP contribution in [-0.4, -0.2) is 52.5 Å². The number of esters is 1. The third-order valence-electron chi connectivity index (χ3n) is 3.39. The zero-order valence-corrected chi connectivity index (χ0v) is 18.1. The van der Waals surface area contributed by atoms with Gasteiger partial charge in [-0.25, -0.2) is 4.99 Å². The van der Waals surface area contributed by atoms with Gasteiger partial charge in [-0.2, -0.15) is 0 Å². The Bertz CT molecular complexity index is 524. The fourth-order valence-corrected chi connectivity index (χ4v) is 1.99. The van der Waals surface area contributed by atoms with Crippen molar-refractivity contribution in [3.63, 3.8) is 0 Å². The predicted molar refractivity (Wildman–Crippen MR) is 113 cm³/mol. The van der Waals surface area contributed by atoms with Crippen LogP contribution in [0.2, 0.25) is 0 Å². The molecule has 0 saturated carbocycles. The molecule has 0 aliphatic heterocycles. The Balaban J connectivity index is 0.00000625. The topological polar surface area (TPSA) is 81.2 Å². The van der Waals surface area contributed by atoms with E-state index in [0.29, 0.717) is 32.1 Å². The molecule has 0 aliphatic rings. The first-order valence-electron chi connectivity index (χ1n) is 8.49. The average Bonchev–Trinajstić information content (AvgIpc) is 2.65. The molecule has 0 radical (unpaired) electrons. The molecular formula is C18H30IN3O4. The summed E-state index contributed by atoms with van der Waals surface area (Å²) in [5.74, 6) is 1.23. The number of halogens is 1. The highest BCUT2D eigenvalue weighted by molar-refractivity contribution is 14.0. The first kappa shape index (κ1) is 24.5. The molecule has 0 aromatic heterocycles. The van der Waals surface area contributed by atoms with Gasteiger partial charge in [0, 0.05) is 26.3 Å². The molecule has 0 saturated heterocycles. The van der Waals surface area contributed by atoms with Gasteiger partial charge in [0.15, 0.2) is 5.96 Å². The van der Waals surface area contributed by atoms with E-state index in [0.717, 1.165) is 30.9 Å². The summed E-state index contributed by atoms with van der Waals surface area (Å²) in [6.07, 6.45) is 1.17. The third kappa shape index (κ3) is 11.1. The van der Waals surface area contributed by atoms with Gasteiger partial charge in [-0.1, -0.05) is 12.1 Å². The molecule has 1 rings (SSSR count). The van der Waals surface area contributed by atoms with E-state index in [2.05, 4.69) is 20.4 Å². The van der Waals surface area contributed by atoms with Gasteiger partial charge in [-0.3, -0.25) is 4.79 Å². The minimum atomic E-state index is -0.252. The van der Waals surface area contributed by atoms with E-state index < -0.39 is 0 Å². The zero-order valence-electron chi connectivity index (χ0n) is 15.7. The van der Waals surface area contributed by atoms with Crippen LogP contribution in [0.1, 0.15) is 25.3 Å². The lowest BCUT2D eigenvalue weighted by atomic mass is 10.2. The normalized spacial score (nSPS) is 10.7. The highest BCUT2D eigenvalue weighted by atomic mass is 127. The Morgan fingerprint density at radius 1 is 1.12 bits per heavy atom. The van der Waals surface area contributed by atoms with Crippen molar-refractivity contribution >= 4 is 35.9 Å². The number of carbonyl (C=O) groups is 1. The maximum Gasteiger partial charge on any atom is 0.307 e. The molecule has 0 amide bonds. The van der Waals surface area contributed by atoms with Gasteiger partial charge in [0.05, 0.1) is 27.2 Å². The Morgan fingerprint density at radius 2 is 1.81 bits per heavy atom. The molecular weight excluding hydrogens is 449 g/mol. The van der Waals surface area contributed by atoms with Crippen LogP contribution in [0.4, 0.5) is 0 Å². The van der Waals surface area contributed by atoms with Crippen molar-refractivity contribution < 1.29 is 19.0 Å². The number of carbonyl (C=O) groups excluding carboxylic acids is 1. The summed E-state index contributed by atoms with van der Waals surface area (Å²) in [5.41, 5.74) is 1.07. The summed E-state index contributed by atoms with van der Waals surface area (Å²) in [5, 5.41) is 6.39. The van der Waals surface area contributed by atoms with E-state index >= 15 is 0 Å². The van der Waals surface area contributed by atoms with Crippen LogP contribution in [0.15, 0.2) is 29.3 Å². The second-order valence-corrected chi connectivity index (χ2v) is 5.24. The van der Waals surface area contributed by atoms with Gasteiger partial charge in [-0.15, -0.1) is 24.0 Å². The van der Waals surface area contributed by atoms with Gasteiger partial charge < -0.3 is 24.8 Å². The molecule has 2 N–H and O–H groups in total. The lowest BCUT2D eigenvalue weighted by Crippen LogP contribution is -2.39. The van der Waals surface area contributed by atoms with E-state index in [1.54, 1.807) is 7.11 Å².